The van der Waals surface area contributed by atoms with Gasteiger partial charge in [0.05, 0.1) is 10.9 Å². The predicted molar refractivity (Wildman–Crippen MR) is 103 cm³/mol. The van der Waals surface area contributed by atoms with Crippen molar-refractivity contribution in [2.75, 3.05) is 14.1 Å². The molecule has 0 radical (unpaired) electrons. The predicted octanol–water partition coefficient (Wildman–Crippen LogP) is 3.45. The molecule has 1 N–H and O–H groups in total. The van der Waals surface area contributed by atoms with E-state index in [1.54, 1.807) is 24.3 Å². The molecule has 27 heavy (non-hydrogen) atoms. The molecular weight excluding hydrogens is 367 g/mol. The number of benzene rings is 2. The summed E-state index contributed by atoms with van der Waals surface area (Å²) in [6.45, 7) is 3.76. The highest BCUT2D eigenvalue weighted by Crippen LogP contribution is 2.21. The molecule has 7 heteroatoms. The summed E-state index contributed by atoms with van der Waals surface area (Å²) in [7, 11) is -0.512. The summed E-state index contributed by atoms with van der Waals surface area (Å²) in [5.74, 6) is -0.460. The third-order valence-corrected chi connectivity index (χ3v) is 6.30. The topological polar surface area (TPSA) is 66.5 Å². The molecule has 2 aromatic rings. The first-order valence-corrected chi connectivity index (χ1v) is 10.1. The van der Waals surface area contributed by atoms with E-state index >= 15 is 0 Å². The second kappa shape index (κ2) is 8.63. The Bertz CT molecular complexity index is 878. The third kappa shape index (κ3) is 5.37. The first-order chi connectivity index (χ1) is 12.6. The highest BCUT2D eigenvalue weighted by molar-refractivity contribution is 7.89. The molecule has 2 aromatic carbocycles. The molecule has 1 amide bonds. The van der Waals surface area contributed by atoms with Crippen molar-refractivity contribution in [1.29, 1.82) is 0 Å². The number of amides is 1. The van der Waals surface area contributed by atoms with Gasteiger partial charge in [-0.1, -0.05) is 31.2 Å². The quantitative estimate of drug-likeness (QED) is 0.785. The summed E-state index contributed by atoms with van der Waals surface area (Å²) in [5, 5.41) is 2.92. The lowest BCUT2D eigenvalue weighted by molar-refractivity contribution is -0.122. The Hall–Kier alpha value is -2.25. The highest BCUT2D eigenvalue weighted by Gasteiger charge is 2.18. The summed E-state index contributed by atoms with van der Waals surface area (Å²) in [5.41, 5.74) is 1.72. The Morgan fingerprint density at radius 1 is 1.00 bits per heavy atom. The van der Waals surface area contributed by atoms with Crippen LogP contribution in [0.2, 0.25) is 0 Å². The van der Waals surface area contributed by atoms with Crippen LogP contribution >= 0.6 is 0 Å². The van der Waals surface area contributed by atoms with Crippen molar-refractivity contribution in [3.8, 4) is 0 Å². The smallest absolute Gasteiger partial charge is 0.242 e. The Kier molecular flexibility index (Phi) is 6.73. The lowest BCUT2D eigenvalue weighted by Crippen LogP contribution is -2.27. The molecule has 0 aliphatic heterocycles. The number of carbonyl (C=O) groups is 1. The molecule has 0 heterocycles. The number of nitrogens with one attached hydrogen (secondary N) is 1. The van der Waals surface area contributed by atoms with E-state index in [-0.39, 0.29) is 35.0 Å². The molecule has 0 aliphatic carbocycles. The molecule has 146 valence electrons. The van der Waals surface area contributed by atoms with Crippen LogP contribution in [0.5, 0.6) is 0 Å². The minimum Gasteiger partial charge on any atom is -0.350 e. The monoisotopic (exact) mass is 392 g/mol. The second-order valence-corrected chi connectivity index (χ2v) is 8.95. The van der Waals surface area contributed by atoms with E-state index < -0.39 is 10.0 Å². The fourth-order valence-corrected chi connectivity index (χ4v) is 3.61. The molecule has 0 aromatic heterocycles. The number of halogens is 1. The van der Waals surface area contributed by atoms with Gasteiger partial charge in [0.15, 0.2) is 0 Å². The van der Waals surface area contributed by atoms with Gasteiger partial charge in [0.1, 0.15) is 5.82 Å². The van der Waals surface area contributed by atoms with Crippen molar-refractivity contribution in [3.05, 3.63) is 65.5 Å². The molecule has 0 aliphatic rings. The van der Waals surface area contributed by atoms with Crippen molar-refractivity contribution in [1.82, 2.24) is 9.62 Å². The molecule has 0 fully saturated rings. The van der Waals surface area contributed by atoms with E-state index in [2.05, 4.69) is 5.32 Å². The summed E-state index contributed by atoms with van der Waals surface area (Å²) in [6, 6.07) is 12.3. The van der Waals surface area contributed by atoms with E-state index in [4.69, 9.17) is 0 Å². The minimum atomic E-state index is -3.47. The molecular formula is C20H25FN2O3S. The standard InChI is InChI=1S/C20H25FN2O3S/c1-14(16-5-9-18(21)10-6-16)13-20(24)22-15(2)17-7-11-19(12-8-17)27(25,26)23(3)4/h5-12,14-15H,13H2,1-4H3,(H,22,24). The maximum absolute atomic E-state index is 13.0. The van der Waals surface area contributed by atoms with Crippen molar-refractivity contribution in [2.45, 2.75) is 37.1 Å². The molecule has 2 unspecified atom stereocenters. The average molecular weight is 392 g/mol. The van der Waals surface area contributed by atoms with Gasteiger partial charge in [0.25, 0.3) is 0 Å². The maximum atomic E-state index is 13.0. The fraction of sp³-hybridized carbons (Fsp3) is 0.350. The van der Waals surface area contributed by atoms with E-state index in [0.29, 0.717) is 0 Å². The number of hydrogen-bond donors (Lipinski definition) is 1. The van der Waals surface area contributed by atoms with Crippen LogP contribution in [0.3, 0.4) is 0 Å². The number of sulfonamides is 1. The zero-order chi connectivity index (χ0) is 20.2. The molecule has 2 rings (SSSR count). The lowest BCUT2D eigenvalue weighted by Gasteiger charge is -2.18. The first kappa shape index (κ1) is 21.1. The van der Waals surface area contributed by atoms with E-state index in [9.17, 15) is 17.6 Å². The summed E-state index contributed by atoms with van der Waals surface area (Å²) < 4.78 is 38.4. The first-order valence-electron chi connectivity index (χ1n) is 8.68. The zero-order valence-corrected chi connectivity index (χ0v) is 16.8. The Balaban J connectivity index is 1.99. The van der Waals surface area contributed by atoms with Crippen molar-refractivity contribution >= 4 is 15.9 Å². The van der Waals surface area contributed by atoms with Crippen LogP contribution in [0.15, 0.2) is 53.4 Å². The largest absolute Gasteiger partial charge is 0.350 e. The molecule has 0 saturated heterocycles. The van der Waals surface area contributed by atoms with Crippen molar-refractivity contribution < 1.29 is 17.6 Å². The summed E-state index contributed by atoms with van der Waals surface area (Å²) in [4.78, 5) is 12.5. The summed E-state index contributed by atoms with van der Waals surface area (Å²) >= 11 is 0. The van der Waals surface area contributed by atoms with Crippen LogP contribution in [0, 0.1) is 5.82 Å². The second-order valence-electron chi connectivity index (χ2n) is 6.80. The maximum Gasteiger partial charge on any atom is 0.242 e. The van der Waals surface area contributed by atoms with Gasteiger partial charge in [-0.05, 0) is 48.2 Å². The lowest BCUT2D eigenvalue weighted by atomic mass is 9.97. The Morgan fingerprint density at radius 3 is 2.04 bits per heavy atom. The molecule has 0 spiro atoms. The van der Waals surface area contributed by atoms with Crippen LogP contribution in [0.25, 0.3) is 0 Å². The van der Waals surface area contributed by atoms with Crippen LogP contribution in [0.1, 0.15) is 43.4 Å². The Labute approximate surface area is 160 Å². The zero-order valence-electron chi connectivity index (χ0n) is 15.9. The molecule has 2 atom stereocenters. The number of hydrogen-bond acceptors (Lipinski definition) is 3. The van der Waals surface area contributed by atoms with Gasteiger partial charge in [0, 0.05) is 20.5 Å². The number of carbonyl (C=O) groups excluding carboxylic acids is 1. The highest BCUT2D eigenvalue weighted by atomic mass is 32.2. The van der Waals surface area contributed by atoms with Crippen LogP contribution in [-0.2, 0) is 14.8 Å². The van der Waals surface area contributed by atoms with Gasteiger partial charge in [0.2, 0.25) is 15.9 Å². The molecule has 0 saturated carbocycles. The number of rotatable bonds is 7. The van der Waals surface area contributed by atoms with E-state index in [0.717, 1.165) is 15.4 Å². The van der Waals surface area contributed by atoms with E-state index in [1.165, 1.54) is 38.4 Å². The minimum absolute atomic E-state index is 0.0367. The van der Waals surface area contributed by atoms with E-state index in [1.807, 2.05) is 13.8 Å². The fourth-order valence-electron chi connectivity index (χ4n) is 2.71. The van der Waals surface area contributed by atoms with Gasteiger partial charge in [-0.25, -0.2) is 17.1 Å². The number of nitrogens with zero attached hydrogens (tertiary/aromatic N) is 1. The van der Waals surface area contributed by atoms with Gasteiger partial charge in [-0.3, -0.25) is 4.79 Å². The molecule has 0 bridgehead atoms. The summed E-state index contributed by atoms with van der Waals surface area (Å²) in [6.07, 6.45) is 0.281. The Morgan fingerprint density at radius 2 is 1.52 bits per heavy atom. The van der Waals surface area contributed by atoms with Crippen LogP contribution < -0.4 is 5.32 Å². The average Bonchev–Trinajstić information content (AvgIpc) is 2.62. The van der Waals surface area contributed by atoms with Crippen molar-refractivity contribution in [3.63, 3.8) is 0 Å². The van der Waals surface area contributed by atoms with Crippen LogP contribution in [-0.4, -0.2) is 32.7 Å². The SMILES string of the molecule is CC(CC(=O)NC(C)c1ccc(S(=O)(=O)N(C)C)cc1)c1ccc(F)cc1. The normalized spacial score (nSPS) is 14.0. The van der Waals surface area contributed by atoms with Crippen molar-refractivity contribution in [2.24, 2.45) is 0 Å². The van der Waals surface area contributed by atoms with Gasteiger partial charge < -0.3 is 5.32 Å². The van der Waals surface area contributed by atoms with Gasteiger partial charge >= 0.3 is 0 Å². The van der Waals surface area contributed by atoms with Crippen LogP contribution in [0.4, 0.5) is 4.39 Å². The van der Waals surface area contributed by atoms with Gasteiger partial charge in [-0.15, -0.1) is 0 Å². The van der Waals surface area contributed by atoms with Gasteiger partial charge in [-0.2, -0.15) is 0 Å². The molecule has 5 nitrogen and oxygen atoms in total. The third-order valence-electron chi connectivity index (χ3n) is 4.47.